The summed E-state index contributed by atoms with van der Waals surface area (Å²) < 4.78 is 28.1. The van der Waals surface area contributed by atoms with E-state index in [0.717, 1.165) is 5.56 Å². The van der Waals surface area contributed by atoms with Crippen molar-refractivity contribution in [3.8, 4) is 18.1 Å². The fourth-order valence-electron chi connectivity index (χ4n) is 1.38. The van der Waals surface area contributed by atoms with Crippen molar-refractivity contribution >= 4 is 21.4 Å². The first kappa shape index (κ1) is 14.9. The summed E-state index contributed by atoms with van der Waals surface area (Å²) >= 11 is 5.95. The topological polar surface area (TPSA) is 43.4 Å². The Morgan fingerprint density at radius 2 is 2.17 bits per heavy atom. The van der Waals surface area contributed by atoms with Gasteiger partial charge in [0.2, 0.25) is 0 Å². The van der Waals surface area contributed by atoms with Gasteiger partial charge in [-0.15, -0.1) is 6.42 Å². The number of hydrogen-bond acceptors (Lipinski definition) is 3. The molecule has 0 unspecified atom stereocenters. The molecule has 0 aliphatic rings. The van der Waals surface area contributed by atoms with Gasteiger partial charge in [-0.05, 0) is 31.0 Å². The van der Waals surface area contributed by atoms with Gasteiger partial charge < -0.3 is 4.74 Å². The SMILES string of the molecule is C#CCS(=O)(=O)CCCOc1cc(C)ccc1Cl. The van der Waals surface area contributed by atoms with Gasteiger partial charge in [0.25, 0.3) is 0 Å². The van der Waals surface area contributed by atoms with Gasteiger partial charge >= 0.3 is 0 Å². The van der Waals surface area contributed by atoms with E-state index in [9.17, 15) is 8.42 Å². The molecular weight excluding hydrogens is 272 g/mol. The molecule has 1 rings (SSSR count). The fraction of sp³-hybridized carbons (Fsp3) is 0.385. The zero-order chi connectivity index (χ0) is 13.6. The molecule has 1 aromatic carbocycles. The number of terminal acetylenes is 1. The number of halogens is 1. The molecule has 0 atom stereocenters. The summed E-state index contributed by atoms with van der Waals surface area (Å²) in [6, 6.07) is 5.45. The molecule has 0 fully saturated rings. The lowest BCUT2D eigenvalue weighted by Gasteiger charge is -2.08. The van der Waals surface area contributed by atoms with Gasteiger partial charge in [0.05, 0.1) is 17.4 Å². The molecule has 0 radical (unpaired) electrons. The van der Waals surface area contributed by atoms with Crippen LogP contribution < -0.4 is 4.74 Å². The van der Waals surface area contributed by atoms with Crippen LogP contribution in [0.4, 0.5) is 0 Å². The number of sulfone groups is 1. The van der Waals surface area contributed by atoms with E-state index in [-0.39, 0.29) is 11.5 Å². The van der Waals surface area contributed by atoms with Crippen LogP contribution in [0.5, 0.6) is 5.75 Å². The highest BCUT2D eigenvalue weighted by Crippen LogP contribution is 2.25. The average molecular weight is 287 g/mol. The minimum Gasteiger partial charge on any atom is -0.492 e. The third-order valence-corrected chi connectivity index (χ3v) is 4.08. The highest BCUT2D eigenvalue weighted by Gasteiger charge is 2.09. The van der Waals surface area contributed by atoms with Gasteiger partial charge in [-0.1, -0.05) is 23.6 Å². The Labute approximate surface area is 113 Å². The molecule has 0 bridgehead atoms. The Morgan fingerprint density at radius 1 is 1.44 bits per heavy atom. The molecule has 0 aromatic heterocycles. The lowest BCUT2D eigenvalue weighted by Crippen LogP contribution is -2.12. The Kier molecular flexibility index (Phi) is 5.52. The van der Waals surface area contributed by atoms with E-state index in [4.69, 9.17) is 22.8 Å². The Bertz CT molecular complexity index is 544. The zero-order valence-corrected chi connectivity index (χ0v) is 11.7. The molecule has 3 nitrogen and oxygen atoms in total. The van der Waals surface area contributed by atoms with Crippen LogP contribution in [0.3, 0.4) is 0 Å². The molecule has 0 spiro atoms. The second-order valence-corrected chi connectivity index (χ2v) is 6.52. The smallest absolute Gasteiger partial charge is 0.161 e. The fourth-order valence-corrected chi connectivity index (χ4v) is 2.51. The number of aryl methyl sites for hydroxylation is 1. The van der Waals surface area contributed by atoms with Gasteiger partial charge in [-0.3, -0.25) is 0 Å². The maximum Gasteiger partial charge on any atom is 0.161 e. The van der Waals surface area contributed by atoms with E-state index in [1.807, 2.05) is 19.1 Å². The summed E-state index contributed by atoms with van der Waals surface area (Å²) in [6.45, 7) is 2.23. The summed E-state index contributed by atoms with van der Waals surface area (Å²) in [5.41, 5.74) is 1.04. The third-order valence-electron chi connectivity index (χ3n) is 2.25. The molecule has 0 aliphatic heterocycles. The van der Waals surface area contributed by atoms with Crippen molar-refractivity contribution in [1.82, 2.24) is 0 Å². The van der Waals surface area contributed by atoms with Crippen LogP contribution in [0.2, 0.25) is 5.02 Å². The van der Waals surface area contributed by atoms with Crippen molar-refractivity contribution in [3.63, 3.8) is 0 Å². The first-order valence-corrected chi connectivity index (χ1v) is 7.67. The third kappa shape index (κ3) is 4.99. The molecule has 0 N–H and O–H groups in total. The monoisotopic (exact) mass is 286 g/mol. The largest absolute Gasteiger partial charge is 0.492 e. The highest BCUT2D eigenvalue weighted by molar-refractivity contribution is 7.91. The summed E-state index contributed by atoms with van der Waals surface area (Å²) in [5.74, 6) is 2.51. The minimum absolute atomic E-state index is 0.0284. The van der Waals surface area contributed by atoms with Crippen molar-refractivity contribution in [2.45, 2.75) is 13.3 Å². The molecule has 0 saturated carbocycles. The molecule has 0 saturated heterocycles. The van der Waals surface area contributed by atoms with E-state index in [1.54, 1.807) is 6.07 Å². The van der Waals surface area contributed by atoms with Crippen molar-refractivity contribution < 1.29 is 13.2 Å². The van der Waals surface area contributed by atoms with Crippen LogP contribution >= 0.6 is 11.6 Å². The average Bonchev–Trinajstić information content (AvgIpc) is 2.29. The first-order valence-electron chi connectivity index (χ1n) is 5.47. The van der Waals surface area contributed by atoms with E-state index in [0.29, 0.717) is 23.8 Å². The van der Waals surface area contributed by atoms with Gasteiger partial charge in [0, 0.05) is 0 Å². The van der Waals surface area contributed by atoms with E-state index in [1.165, 1.54) is 0 Å². The molecule has 0 heterocycles. The summed E-state index contributed by atoms with van der Waals surface area (Å²) in [6.07, 6.45) is 5.37. The van der Waals surface area contributed by atoms with Crippen LogP contribution in [0, 0.1) is 19.3 Å². The molecule has 0 aliphatic carbocycles. The number of ether oxygens (including phenoxy) is 1. The zero-order valence-electron chi connectivity index (χ0n) is 10.1. The van der Waals surface area contributed by atoms with Gasteiger partial charge in [0.1, 0.15) is 11.5 Å². The summed E-state index contributed by atoms with van der Waals surface area (Å²) in [7, 11) is -3.15. The van der Waals surface area contributed by atoms with Crippen molar-refractivity contribution in [1.29, 1.82) is 0 Å². The Hall–Kier alpha value is -1.18. The maximum atomic E-state index is 11.3. The van der Waals surface area contributed by atoms with E-state index < -0.39 is 9.84 Å². The normalized spacial score (nSPS) is 10.9. The van der Waals surface area contributed by atoms with E-state index >= 15 is 0 Å². The van der Waals surface area contributed by atoms with Gasteiger partial charge in [-0.2, -0.15) is 0 Å². The number of rotatable bonds is 6. The van der Waals surface area contributed by atoms with Crippen molar-refractivity contribution in [2.75, 3.05) is 18.1 Å². The number of benzene rings is 1. The predicted octanol–water partition coefficient (Wildman–Crippen LogP) is 2.47. The quantitative estimate of drug-likeness (QED) is 0.596. The van der Waals surface area contributed by atoms with Crippen LogP contribution in [0.1, 0.15) is 12.0 Å². The second kappa shape index (κ2) is 6.67. The summed E-state index contributed by atoms with van der Waals surface area (Å²) in [4.78, 5) is 0. The lowest BCUT2D eigenvalue weighted by molar-refractivity contribution is 0.317. The second-order valence-electron chi connectivity index (χ2n) is 3.93. The molecular formula is C13H15ClO3S. The van der Waals surface area contributed by atoms with Crippen LogP contribution in [0.15, 0.2) is 18.2 Å². The molecule has 5 heteroatoms. The first-order chi connectivity index (χ1) is 8.44. The Balaban J connectivity index is 2.43. The standard InChI is InChI=1S/C13H15ClO3S/c1-3-8-18(15,16)9-4-7-17-13-10-11(2)5-6-12(13)14/h1,5-6,10H,4,7-9H2,2H3. The van der Waals surface area contributed by atoms with Crippen molar-refractivity contribution in [2.24, 2.45) is 0 Å². The van der Waals surface area contributed by atoms with E-state index in [2.05, 4.69) is 5.92 Å². The van der Waals surface area contributed by atoms with Gasteiger partial charge in [0.15, 0.2) is 9.84 Å². The summed E-state index contributed by atoms with van der Waals surface area (Å²) in [5, 5.41) is 0.520. The van der Waals surface area contributed by atoms with Crippen LogP contribution in [-0.4, -0.2) is 26.5 Å². The molecule has 98 valence electrons. The van der Waals surface area contributed by atoms with Crippen LogP contribution in [0.25, 0.3) is 0 Å². The lowest BCUT2D eigenvalue weighted by atomic mass is 10.2. The maximum absolute atomic E-state index is 11.3. The highest BCUT2D eigenvalue weighted by atomic mass is 35.5. The Morgan fingerprint density at radius 3 is 2.83 bits per heavy atom. The molecule has 18 heavy (non-hydrogen) atoms. The number of hydrogen-bond donors (Lipinski definition) is 0. The predicted molar refractivity (Wildman–Crippen MR) is 73.8 cm³/mol. The van der Waals surface area contributed by atoms with Crippen molar-refractivity contribution in [3.05, 3.63) is 28.8 Å². The molecule has 0 amide bonds. The minimum atomic E-state index is -3.15. The van der Waals surface area contributed by atoms with Gasteiger partial charge in [-0.25, -0.2) is 8.42 Å². The molecule has 1 aromatic rings. The van der Waals surface area contributed by atoms with Crippen LogP contribution in [-0.2, 0) is 9.84 Å².